The average molecular weight is 1050 g/mol. The zero-order valence-electron chi connectivity index (χ0n) is 49.0. The van der Waals surface area contributed by atoms with Gasteiger partial charge in [-0.15, -0.1) is 0 Å². The Balaban J connectivity index is 4.38. The fourth-order valence-electron chi connectivity index (χ4n) is 8.04. The van der Waals surface area contributed by atoms with Gasteiger partial charge in [-0.1, -0.05) is 263 Å². The molecule has 0 aliphatic rings. The van der Waals surface area contributed by atoms with Gasteiger partial charge in [-0.05, 0) is 122 Å². The SMILES string of the molecule is CC/C=C\C/C=C\C/C=C\C/C=C\C/C=C\C/C=C\CCCCCCCCCCC(=O)OCC(COC(=O)CCCCCCCCCCCC)OC(=O)CCCC/C=C\C/C=C\C/C=C\C/C=C\C/C=C\C/C=C\CC. The van der Waals surface area contributed by atoms with E-state index in [0.717, 1.165) is 135 Å². The molecule has 0 rings (SSSR count). The van der Waals surface area contributed by atoms with Crippen molar-refractivity contribution in [2.75, 3.05) is 13.2 Å². The first-order chi connectivity index (χ1) is 37.5. The molecule has 1 atom stereocenters. The Hall–Kier alpha value is -4.71. The molecule has 1 unspecified atom stereocenters. The molecule has 428 valence electrons. The predicted molar refractivity (Wildman–Crippen MR) is 329 cm³/mol. The fraction of sp³-hybridized carbons (Fsp3) is 0.614. The second-order valence-corrected chi connectivity index (χ2v) is 19.9. The molecule has 0 fully saturated rings. The Labute approximate surface area is 467 Å². The summed E-state index contributed by atoms with van der Waals surface area (Å²) in [4.78, 5) is 38.2. The molecule has 0 aromatic heterocycles. The number of rotatable bonds is 54. The van der Waals surface area contributed by atoms with E-state index >= 15 is 0 Å². The first-order valence-electron chi connectivity index (χ1n) is 30.8. The first kappa shape index (κ1) is 71.3. The second kappa shape index (κ2) is 62.8. The highest BCUT2D eigenvalue weighted by Crippen LogP contribution is 2.14. The van der Waals surface area contributed by atoms with E-state index in [1.807, 2.05) is 0 Å². The van der Waals surface area contributed by atoms with E-state index in [2.05, 4.69) is 167 Å². The maximum absolute atomic E-state index is 12.9. The van der Waals surface area contributed by atoms with Crippen molar-refractivity contribution >= 4 is 17.9 Å². The van der Waals surface area contributed by atoms with Gasteiger partial charge >= 0.3 is 17.9 Å². The second-order valence-electron chi connectivity index (χ2n) is 19.9. The summed E-state index contributed by atoms with van der Waals surface area (Å²) in [6.45, 7) is 6.35. The fourth-order valence-corrected chi connectivity index (χ4v) is 8.04. The lowest BCUT2D eigenvalue weighted by Gasteiger charge is -2.18. The lowest BCUT2D eigenvalue weighted by molar-refractivity contribution is -0.167. The Morgan fingerprint density at radius 1 is 0.276 bits per heavy atom. The van der Waals surface area contributed by atoms with Crippen molar-refractivity contribution in [2.24, 2.45) is 0 Å². The molecule has 76 heavy (non-hydrogen) atoms. The lowest BCUT2D eigenvalue weighted by Crippen LogP contribution is -2.30. The minimum Gasteiger partial charge on any atom is -0.462 e. The molecule has 0 saturated carbocycles. The molecular formula is C70H112O6. The quantitative estimate of drug-likeness (QED) is 0.0261. The number of hydrogen-bond acceptors (Lipinski definition) is 6. The summed E-state index contributed by atoms with van der Waals surface area (Å²) in [5, 5.41) is 0. The molecule has 0 N–H and O–H groups in total. The van der Waals surface area contributed by atoms with Crippen LogP contribution in [-0.4, -0.2) is 37.2 Å². The topological polar surface area (TPSA) is 78.9 Å². The maximum Gasteiger partial charge on any atom is 0.306 e. The normalized spacial score (nSPS) is 13.1. The van der Waals surface area contributed by atoms with Gasteiger partial charge in [-0.2, -0.15) is 0 Å². The lowest BCUT2D eigenvalue weighted by atomic mass is 10.1. The molecule has 6 heteroatoms. The van der Waals surface area contributed by atoms with Crippen molar-refractivity contribution in [3.05, 3.63) is 146 Å². The number of allylic oxidation sites excluding steroid dienone is 24. The van der Waals surface area contributed by atoms with Crippen molar-refractivity contribution in [1.82, 2.24) is 0 Å². The molecule has 0 spiro atoms. The predicted octanol–water partition coefficient (Wildman–Crippen LogP) is 21.2. The van der Waals surface area contributed by atoms with Gasteiger partial charge in [-0.3, -0.25) is 14.4 Å². The molecule has 0 heterocycles. The summed E-state index contributed by atoms with van der Waals surface area (Å²) in [6, 6.07) is 0. The molecule has 0 aliphatic carbocycles. The van der Waals surface area contributed by atoms with E-state index < -0.39 is 6.10 Å². The summed E-state index contributed by atoms with van der Waals surface area (Å²) in [5.41, 5.74) is 0. The van der Waals surface area contributed by atoms with E-state index in [-0.39, 0.29) is 37.5 Å². The van der Waals surface area contributed by atoms with Gasteiger partial charge in [0, 0.05) is 19.3 Å². The third kappa shape index (κ3) is 60.2. The minimum absolute atomic E-state index is 0.102. The number of ether oxygens (including phenoxy) is 3. The van der Waals surface area contributed by atoms with Crippen LogP contribution in [-0.2, 0) is 28.6 Å². The monoisotopic (exact) mass is 1050 g/mol. The molecule has 0 aliphatic heterocycles. The molecule has 0 amide bonds. The van der Waals surface area contributed by atoms with Crippen LogP contribution in [0.25, 0.3) is 0 Å². The van der Waals surface area contributed by atoms with Crippen molar-refractivity contribution in [3.8, 4) is 0 Å². The largest absolute Gasteiger partial charge is 0.462 e. The van der Waals surface area contributed by atoms with Crippen LogP contribution < -0.4 is 0 Å². The van der Waals surface area contributed by atoms with Crippen molar-refractivity contribution in [3.63, 3.8) is 0 Å². The van der Waals surface area contributed by atoms with E-state index in [0.29, 0.717) is 19.3 Å². The maximum atomic E-state index is 12.9. The van der Waals surface area contributed by atoms with Crippen molar-refractivity contribution in [2.45, 2.75) is 264 Å². The smallest absolute Gasteiger partial charge is 0.306 e. The Kier molecular flexibility index (Phi) is 58.9. The van der Waals surface area contributed by atoms with Crippen LogP contribution >= 0.6 is 0 Å². The first-order valence-corrected chi connectivity index (χ1v) is 30.8. The summed E-state index contributed by atoms with van der Waals surface area (Å²) < 4.78 is 16.8. The number of unbranched alkanes of at least 4 members (excludes halogenated alkanes) is 19. The molecule has 0 bridgehead atoms. The van der Waals surface area contributed by atoms with Crippen molar-refractivity contribution in [1.29, 1.82) is 0 Å². The molecular weight excluding hydrogens is 937 g/mol. The highest BCUT2D eigenvalue weighted by Gasteiger charge is 2.19. The van der Waals surface area contributed by atoms with Crippen LogP contribution in [0.15, 0.2) is 146 Å². The van der Waals surface area contributed by atoms with Crippen LogP contribution in [0.5, 0.6) is 0 Å². The zero-order valence-corrected chi connectivity index (χ0v) is 49.0. The van der Waals surface area contributed by atoms with Crippen LogP contribution in [0.3, 0.4) is 0 Å². The summed E-state index contributed by atoms with van der Waals surface area (Å²) in [6.07, 6.45) is 89.9. The van der Waals surface area contributed by atoms with Gasteiger partial charge in [0.05, 0.1) is 0 Å². The number of esters is 3. The number of carbonyl (C=O) groups is 3. The third-order valence-electron chi connectivity index (χ3n) is 12.6. The molecule has 0 aromatic carbocycles. The minimum atomic E-state index is -0.809. The van der Waals surface area contributed by atoms with E-state index in [1.54, 1.807) is 0 Å². The van der Waals surface area contributed by atoms with Crippen LogP contribution in [0, 0.1) is 0 Å². The summed E-state index contributed by atoms with van der Waals surface area (Å²) >= 11 is 0. The summed E-state index contributed by atoms with van der Waals surface area (Å²) in [5.74, 6) is -0.958. The van der Waals surface area contributed by atoms with E-state index in [4.69, 9.17) is 14.2 Å². The van der Waals surface area contributed by atoms with Gasteiger partial charge in [-0.25, -0.2) is 0 Å². The van der Waals surface area contributed by atoms with Gasteiger partial charge in [0.2, 0.25) is 0 Å². The average Bonchev–Trinajstić information content (AvgIpc) is 3.42. The van der Waals surface area contributed by atoms with Crippen LogP contribution in [0.4, 0.5) is 0 Å². The van der Waals surface area contributed by atoms with E-state index in [9.17, 15) is 14.4 Å². The molecule has 0 saturated heterocycles. The highest BCUT2D eigenvalue weighted by molar-refractivity contribution is 5.71. The number of hydrogen-bond donors (Lipinski definition) is 0. The standard InChI is InChI=1S/C70H112O6/c1-4-7-10-13-16-19-22-24-26-28-30-32-33-34-35-36-37-39-40-42-44-46-48-51-54-57-60-63-69(72)75-66-67(65-74-68(71)62-59-56-53-50-21-18-15-12-9-6-3)76-70(73)64-61-58-55-52-49-47-45-43-41-38-31-29-27-25-23-20-17-14-11-8-5-2/h7-8,10-11,16-17,19-20,24-27,30-32,34-35,37-39,43,45,49,52,67H,4-6,9,12-15,18,21-23,28-29,33,36,40-42,44,46-48,50-51,53-66H2,1-3H3/b10-7-,11-8-,19-16-,20-17-,26-24-,27-25-,32-30-,35-34-,38-31-,39-37-,45-43-,52-49-. The van der Waals surface area contributed by atoms with Gasteiger partial charge in [0.15, 0.2) is 6.10 Å². The molecule has 6 nitrogen and oxygen atoms in total. The molecule has 0 aromatic rings. The molecule has 0 radical (unpaired) electrons. The van der Waals surface area contributed by atoms with Gasteiger partial charge in [0.1, 0.15) is 13.2 Å². The van der Waals surface area contributed by atoms with Crippen molar-refractivity contribution < 1.29 is 28.6 Å². The van der Waals surface area contributed by atoms with E-state index in [1.165, 1.54) is 77.0 Å². The summed E-state index contributed by atoms with van der Waals surface area (Å²) in [7, 11) is 0. The van der Waals surface area contributed by atoms with Gasteiger partial charge in [0.25, 0.3) is 0 Å². The Morgan fingerprint density at radius 2 is 0.513 bits per heavy atom. The zero-order chi connectivity index (χ0) is 55.0. The number of carbonyl (C=O) groups excluding carboxylic acids is 3. The van der Waals surface area contributed by atoms with Crippen LogP contribution in [0.1, 0.15) is 258 Å². The van der Waals surface area contributed by atoms with Crippen LogP contribution in [0.2, 0.25) is 0 Å². The highest BCUT2D eigenvalue weighted by atomic mass is 16.6. The Morgan fingerprint density at radius 3 is 0.829 bits per heavy atom. The third-order valence-corrected chi connectivity index (χ3v) is 12.6. The van der Waals surface area contributed by atoms with Gasteiger partial charge < -0.3 is 14.2 Å². The Bertz CT molecular complexity index is 1680.